The lowest BCUT2D eigenvalue weighted by Gasteiger charge is -2.13. The SMILES string of the molecule is CC(C)c1cnc(Br)cc1Oc1cnc(N)nc1Cl. The summed E-state index contributed by atoms with van der Waals surface area (Å²) < 4.78 is 6.43. The van der Waals surface area contributed by atoms with E-state index in [1.54, 1.807) is 12.3 Å². The van der Waals surface area contributed by atoms with Crippen molar-refractivity contribution >= 4 is 33.5 Å². The molecule has 7 heteroatoms. The molecular weight excluding hydrogens is 332 g/mol. The van der Waals surface area contributed by atoms with Crippen molar-refractivity contribution in [3.63, 3.8) is 0 Å². The first kappa shape index (κ1) is 14.0. The molecule has 2 rings (SSSR count). The van der Waals surface area contributed by atoms with E-state index in [1.807, 2.05) is 0 Å². The van der Waals surface area contributed by atoms with Crippen LogP contribution in [0.15, 0.2) is 23.1 Å². The van der Waals surface area contributed by atoms with E-state index in [-0.39, 0.29) is 17.0 Å². The van der Waals surface area contributed by atoms with Gasteiger partial charge < -0.3 is 10.5 Å². The predicted octanol–water partition coefficient (Wildman–Crippen LogP) is 3.79. The van der Waals surface area contributed by atoms with E-state index in [2.05, 4.69) is 44.7 Å². The maximum Gasteiger partial charge on any atom is 0.221 e. The van der Waals surface area contributed by atoms with Crippen LogP contribution >= 0.6 is 27.5 Å². The van der Waals surface area contributed by atoms with E-state index in [1.165, 1.54) is 6.20 Å². The summed E-state index contributed by atoms with van der Waals surface area (Å²) in [6.45, 7) is 4.11. The summed E-state index contributed by atoms with van der Waals surface area (Å²) in [6.07, 6.45) is 3.21. The van der Waals surface area contributed by atoms with Crippen LogP contribution in [0.5, 0.6) is 11.5 Å². The number of ether oxygens (including phenoxy) is 1. The molecule has 2 aromatic rings. The second-order valence-electron chi connectivity index (χ2n) is 4.18. The van der Waals surface area contributed by atoms with Gasteiger partial charge in [-0.15, -0.1) is 0 Å². The molecule has 0 spiro atoms. The lowest BCUT2D eigenvalue weighted by atomic mass is 10.1. The molecule has 0 radical (unpaired) electrons. The zero-order valence-electron chi connectivity index (χ0n) is 10.4. The Morgan fingerprint density at radius 3 is 2.63 bits per heavy atom. The molecule has 2 heterocycles. The maximum atomic E-state index is 5.97. The van der Waals surface area contributed by atoms with E-state index in [9.17, 15) is 0 Å². The number of nitrogens with zero attached hydrogens (tertiary/aromatic N) is 3. The summed E-state index contributed by atoms with van der Waals surface area (Å²) in [6, 6.07) is 1.78. The molecule has 0 atom stereocenters. The first-order valence-electron chi connectivity index (χ1n) is 5.58. The largest absolute Gasteiger partial charge is 0.452 e. The Balaban J connectivity index is 2.39. The van der Waals surface area contributed by atoms with Crippen LogP contribution in [0.4, 0.5) is 5.95 Å². The Morgan fingerprint density at radius 1 is 1.26 bits per heavy atom. The van der Waals surface area contributed by atoms with Gasteiger partial charge in [-0.25, -0.2) is 9.97 Å². The molecule has 0 saturated carbocycles. The first-order valence-corrected chi connectivity index (χ1v) is 6.75. The molecular formula is C12H12BrClN4O. The third kappa shape index (κ3) is 3.33. The molecule has 0 fully saturated rings. The second kappa shape index (κ2) is 5.71. The highest BCUT2D eigenvalue weighted by molar-refractivity contribution is 9.10. The summed E-state index contributed by atoms with van der Waals surface area (Å²) in [5, 5.41) is 0.176. The van der Waals surface area contributed by atoms with Gasteiger partial charge in [0.2, 0.25) is 5.95 Å². The number of pyridine rings is 1. The minimum Gasteiger partial charge on any atom is -0.452 e. The van der Waals surface area contributed by atoms with Crippen LogP contribution in [0.1, 0.15) is 25.3 Å². The van der Waals surface area contributed by atoms with Crippen LogP contribution in [0.25, 0.3) is 0 Å². The number of hydrogen-bond acceptors (Lipinski definition) is 5. The van der Waals surface area contributed by atoms with Gasteiger partial charge in [-0.1, -0.05) is 25.4 Å². The molecule has 5 nitrogen and oxygen atoms in total. The standard InChI is InChI=1S/C12H12BrClN4O/c1-6(2)7-4-16-10(13)3-8(7)19-9-5-17-12(15)18-11(9)14/h3-6H,1-2H3,(H2,15,17,18). The topological polar surface area (TPSA) is 73.9 Å². The Bertz CT molecular complexity index is 606. The van der Waals surface area contributed by atoms with Crippen LogP contribution < -0.4 is 10.5 Å². The highest BCUT2D eigenvalue weighted by atomic mass is 79.9. The Labute approximate surface area is 124 Å². The molecule has 100 valence electrons. The molecule has 0 aromatic carbocycles. The van der Waals surface area contributed by atoms with Gasteiger partial charge in [0.25, 0.3) is 0 Å². The van der Waals surface area contributed by atoms with Crippen LogP contribution in [-0.2, 0) is 0 Å². The lowest BCUT2D eigenvalue weighted by molar-refractivity contribution is 0.467. The van der Waals surface area contributed by atoms with Crippen molar-refractivity contribution in [2.45, 2.75) is 19.8 Å². The monoisotopic (exact) mass is 342 g/mol. The van der Waals surface area contributed by atoms with Gasteiger partial charge in [-0.2, -0.15) is 4.98 Å². The molecule has 19 heavy (non-hydrogen) atoms. The number of halogens is 2. The van der Waals surface area contributed by atoms with Gasteiger partial charge in [0, 0.05) is 17.8 Å². The van der Waals surface area contributed by atoms with Crippen LogP contribution in [0.2, 0.25) is 5.15 Å². The fourth-order valence-corrected chi connectivity index (χ4v) is 1.98. The molecule has 0 unspecified atom stereocenters. The number of nitrogens with two attached hydrogens (primary N) is 1. The summed E-state index contributed by atoms with van der Waals surface area (Å²) >= 11 is 9.28. The highest BCUT2D eigenvalue weighted by Gasteiger charge is 2.13. The molecule has 0 aliphatic carbocycles. The zero-order valence-corrected chi connectivity index (χ0v) is 12.7. The fourth-order valence-electron chi connectivity index (χ4n) is 1.50. The summed E-state index contributed by atoms with van der Waals surface area (Å²) in [5.41, 5.74) is 6.41. The minimum absolute atomic E-state index is 0.109. The Hall–Kier alpha value is -1.40. The summed E-state index contributed by atoms with van der Waals surface area (Å²) in [4.78, 5) is 11.9. The average Bonchev–Trinajstić information content (AvgIpc) is 2.32. The molecule has 0 bridgehead atoms. The van der Waals surface area contributed by atoms with Crippen LogP contribution in [0, 0.1) is 0 Å². The number of rotatable bonds is 3. The van der Waals surface area contributed by atoms with Crippen molar-refractivity contribution < 1.29 is 4.74 Å². The number of nitrogen functional groups attached to an aromatic ring is 1. The quantitative estimate of drug-likeness (QED) is 0.678. The average molecular weight is 344 g/mol. The van der Waals surface area contributed by atoms with Crippen molar-refractivity contribution in [2.24, 2.45) is 0 Å². The predicted molar refractivity (Wildman–Crippen MR) is 77.6 cm³/mol. The van der Waals surface area contributed by atoms with Gasteiger partial charge in [0.1, 0.15) is 10.4 Å². The maximum absolute atomic E-state index is 5.97. The van der Waals surface area contributed by atoms with Crippen molar-refractivity contribution in [2.75, 3.05) is 5.73 Å². The molecule has 0 saturated heterocycles. The smallest absolute Gasteiger partial charge is 0.221 e. The third-order valence-electron chi connectivity index (χ3n) is 2.43. The fraction of sp³-hybridized carbons (Fsp3) is 0.250. The molecule has 0 amide bonds. The zero-order chi connectivity index (χ0) is 14.0. The molecule has 0 aliphatic heterocycles. The van der Waals surface area contributed by atoms with Crippen LogP contribution in [0.3, 0.4) is 0 Å². The molecule has 2 N–H and O–H groups in total. The Morgan fingerprint density at radius 2 is 2.00 bits per heavy atom. The second-order valence-corrected chi connectivity index (χ2v) is 5.36. The van der Waals surface area contributed by atoms with Gasteiger partial charge >= 0.3 is 0 Å². The van der Waals surface area contributed by atoms with Gasteiger partial charge in [0.05, 0.1) is 6.20 Å². The van der Waals surface area contributed by atoms with E-state index >= 15 is 0 Å². The Kier molecular flexibility index (Phi) is 4.21. The van der Waals surface area contributed by atoms with E-state index in [0.717, 1.165) is 5.56 Å². The third-order valence-corrected chi connectivity index (χ3v) is 3.14. The lowest BCUT2D eigenvalue weighted by Crippen LogP contribution is -1.99. The van der Waals surface area contributed by atoms with Crippen molar-refractivity contribution in [1.29, 1.82) is 0 Å². The molecule has 0 aliphatic rings. The number of hydrogen-bond donors (Lipinski definition) is 1. The summed E-state index contributed by atoms with van der Waals surface area (Å²) in [7, 11) is 0. The number of anilines is 1. The first-order chi connectivity index (χ1) is 8.97. The summed E-state index contributed by atoms with van der Waals surface area (Å²) in [5.74, 6) is 1.39. The van der Waals surface area contributed by atoms with E-state index in [0.29, 0.717) is 16.1 Å². The van der Waals surface area contributed by atoms with Gasteiger partial charge in [-0.3, -0.25) is 0 Å². The number of aromatic nitrogens is 3. The van der Waals surface area contributed by atoms with E-state index in [4.69, 9.17) is 22.1 Å². The van der Waals surface area contributed by atoms with Crippen molar-refractivity contribution in [1.82, 2.24) is 15.0 Å². The molecule has 2 aromatic heterocycles. The van der Waals surface area contributed by atoms with Gasteiger partial charge in [-0.05, 0) is 21.8 Å². The van der Waals surface area contributed by atoms with Crippen molar-refractivity contribution in [3.8, 4) is 11.5 Å². The highest BCUT2D eigenvalue weighted by Crippen LogP contribution is 2.34. The van der Waals surface area contributed by atoms with Crippen molar-refractivity contribution in [3.05, 3.63) is 33.8 Å². The normalized spacial score (nSPS) is 10.8. The minimum atomic E-state index is 0.109. The van der Waals surface area contributed by atoms with Crippen LogP contribution in [-0.4, -0.2) is 15.0 Å². The van der Waals surface area contributed by atoms with E-state index < -0.39 is 0 Å². The van der Waals surface area contributed by atoms with Gasteiger partial charge in [0.15, 0.2) is 10.9 Å².